The molecule has 0 bridgehead atoms. The van der Waals surface area contributed by atoms with Gasteiger partial charge in [-0.2, -0.15) is 4.98 Å². The fourth-order valence-corrected chi connectivity index (χ4v) is 2.82. The Morgan fingerprint density at radius 1 is 1.26 bits per heavy atom. The van der Waals surface area contributed by atoms with Gasteiger partial charge < -0.3 is 16.5 Å². The highest BCUT2D eigenvalue weighted by Gasteiger charge is 2.06. The summed E-state index contributed by atoms with van der Waals surface area (Å²) in [4.78, 5) is 24.1. The van der Waals surface area contributed by atoms with Crippen LogP contribution in [0.15, 0.2) is 47.5 Å². The Hall–Kier alpha value is -2.94. The fraction of sp³-hybridized carbons (Fsp3) is 0.222. The van der Waals surface area contributed by atoms with E-state index in [1.165, 1.54) is 4.68 Å². The third kappa shape index (κ3) is 5.52. The van der Waals surface area contributed by atoms with Crippen LogP contribution in [0.25, 0.3) is 0 Å². The zero-order chi connectivity index (χ0) is 19.2. The molecule has 8 nitrogen and oxygen atoms in total. The average Bonchev–Trinajstić information content (AvgIpc) is 3.04. The zero-order valence-electron chi connectivity index (χ0n) is 14.8. The van der Waals surface area contributed by atoms with Crippen LogP contribution in [0.5, 0.6) is 0 Å². The second-order valence-corrected chi connectivity index (χ2v) is 6.93. The summed E-state index contributed by atoms with van der Waals surface area (Å²) in [5.74, 6) is 6.90. The average molecular weight is 430 g/mol. The minimum atomic E-state index is 0.140. The number of imidazole rings is 1. The highest BCUT2D eigenvalue weighted by atomic mass is 79.9. The number of hydrogen-bond donors (Lipinski definition) is 3. The molecule has 9 heteroatoms. The van der Waals surface area contributed by atoms with Crippen LogP contribution in [0.4, 0.5) is 17.5 Å². The first kappa shape index (κ1) is 18.8. The van der Waals surface area contributed by atoms with E-state index in [9.17, 15) is 4.79 Å². The Kier molecular flexibility index (Phi) is 6.02. The van der Waals surface area contributed by atoms with Crippen molar-refractivity contribution in [1.29, 1.82) is 0 Å². The van der Waals surface area contributed by atoms with Crippen LogP contribution in [0.1, 0.15) is 18.2 Å². The summed E-state index contributed by atoms with van der Waals surface area (Å²) < 4.78 is 2.20. The number of aromatic nitrogens is 4. The number of hydrogen-bond acceptors (Lipinski definition) is 7. The van der Waals surface area contributed by atoms with E-state index in [4.69, 9.17) is 5.84 Å². The van der Waals surface area contributed by atoms with Gasteiger partial charge in [0.1, 0.15) is 17.9 Å². The van der Waals surface area contributed by atoms with E-state index in [-0.39, 0.29) is 5.78 Å². The third-order valence-electron chi connectivity index (χ3n) is 3.74. The molecule has 0 spiro atoms. The van der Waals surface area contributed by atoms with Crippen molar-refractivity contribution in [2.45, 2.75) is 19.8 Å². The van der Waals surface area contributed by atoms with Gasteiger partial charge in [0.15, 0.2) is 0 Å². The van der Waals surface area contributed by atoms with Gasteiger partial charge in [-0.3, -0.25) is 9.47 Å². The minimum Gasteiger partial charge on any atom is -0.369 e. The van der Waals surface area contributed by atoms with Gasteiger partial charge in [0.25, 0.3) is 0 Å². The molecule has 2 heterocycles. The van der Waals surface area contributed by atoms with E-state index in [1.807, 2.05) is 24.3 Å². The molecular weight excluding hydrogens is 410 g/mol. The lowest BCUT2D eigenvalue weighted by molar-refractivity contribution is -0.116. The number of halogens is 1. The van der Waals surface area contributed by atoms with Gasteiger partial charge in [-0.15, -0.1) is 0 Å². The summed E-state index contributed by atoms with van der Waals surface area (Å²) >= 11 is 3.45. The van der Waals surface area contributed by atoms with Crippen molar-refractivity contribution in [2.24, 2.45) is 0 Å². The molecule has 0 fully saturated rings. The summed E-state index contributed by atoms with van der Waals surface area (Å²) in [6.45, 7) is 2.24. The van der Waals surface area contributed by atoms with E-state index < -0.39 is 0 Å². The molecule has 0 aliphatic heterocycles. The van der Waals surface area contributed by atoms with E-state index in [2.05, 4.69) is 41.5 Å². The van der Waals surface area contributed by atoms with Gasteiger partial charge in [0.05, 0.1) is 10.2 Å². The normalized spacial score (nSPS) is 10.6. The van der Waals surface area contributed by atoms with E-state index in [1.54, 1.807) is 25.6 Å². The first-order valence-electron chi connectivity index (χ1n) is 8.39. The molecule has 140 valence electrons. The monoisotopic (exact) mass is 429 g/mol. The number of nitrogens with two attached hydrogens (primary N) is 1. The molecule has 1 aromatic carbocycles. The number of nitrogens with zero attached hydrogens (tertiary/aromatic N) is 4. The molecule has 4 N–H and O–H groups in total. The van der Waals surface area contributed by atoms with Crippen LogP contribution in [0.2, 0.25) is 0 Å². The van der Waals surface area contributed by atoms with E-state index in [0.29, 0.717) is 24.7 Å². The van der Waals surface area contributed by atoms with Crippen molar-refractivity contribution < 1.29 is 4.79 Å². The molecule has 27 heavy (non-hydrogen) atoms. The van der Waals surface area contributed by atoms with Gasteiger partial charge >= 0.3 is 0 Å². The summed E-state index contributed by atoms with van der Waals surface area (Å²) in [7, 11) is 0. The summed E-state index contributed by atoms with van der Waals surface area (Å²) in [5, 5.41) is 6.43. The van der Waals surface area contributed by atoms with Crippen molar-refractivity contribution in [1.82, 2.24) is 19.6 Å². The molecule has 3 rings (SSSR count). The maximum Gasteiger partial charge on any atom is 0.229 e. The lowest BCUT2D eigenvalue weighted by Crippen LogP contribution is -2.09. The molecule has 2 aromatic heterocycles. The highest BCUT2D eigenvalue weighted by Crippen LogP contribution is 2.22. The number of anilines is 3. The zero-order valence-corrected chi connectivity index (χ0v) is 16.4. The Morgan fingerprint density at radius 2 is 2.04 bits per heavy atom. The number of nitrogens with one attached hydrogen (secondary N) is 2. The van der Waals surface area contributed by atoms with Gasteiger partial charge in [-0.05, 0) is 40.5 Å². The smallest absolute Gasteiger partial charge is 0.229 e. The number of Topliss-reactive ketones (excluding diaryl/α,β-unsaturated/α-hetero) is 1. The van der Waals surface area contributed by atoms with Gasteiger partial charge in [-0.1, -0.05) is 12.1 Å². The van der Waals surface area contributed by atoms with Crippen molar-refractivity contribution in [3.8, 4) is 0 Å². The van der Waals surface area contributed by atoms with Gasteiger partial charge in [-0.25, -0.2) is 9.97 Å². The fourth-order valence-electron chi connectivity index (χ4n) is 2.49. The maximum atomic E-state index is 11.2. The van der Waals surface area contributed by atoms with Gasteiger partial charge in [0, 0.05) is 37.5 Å². The molecule has 0 saturated heterocycles. The minimum absolute atomic E-state index is 0.140. The van der Waals surface area contributed by atoms with Crippen LogP contribution in [-0.2, 0) is 17.6 Å². The third-order valence-corrected chi connectivity index (χ3v) is 4.32. The van der Waals surface area contributed by atoms with Gasteiger partial charge in [0.2, 0.25) is 5.95 Å². The second-order valence-electron chi connectivity index (χ2n) is 6.08. The summed E-state index contributed by atoms with van der Waals surface area (Å²) in [6, 6.07) is 7.64. The molecule has 0 atom stereocenters. The number of nitrogen functional groups attached to an aromatic ring is 1. The first-order chi connectivity index (χ1) is 13.0. The SMILES string of the molecule is CC(=O)Cc1ccc(Nc2ncc(Br)c(NCCc3cn(N)cn3)n2)cc1. The molecule has 0 aliphatic carbocycles. The number of carbonyl (C=O) groups excluding carboxylic acids is 1. The largest absolute Gasteiger partial charge is 0.369 e. The predicted molar refractivity (Wildman–Crippen MR) is 108 cm³/mol. The Bertz CT molecular complexity index is 924. The Balaban J connectivity index is 1.61. The Labute approximate surface area is 165 Å². The van der Waals surface area contributed by atoms with E-state index >= 15 is 0 Å². The van der Waals surface area contributed by atoms with Crippen molar-refractivity contribution >= 4 is 39.2 Å². The molecule has 0 amide bonds. The second kappa shape index (κ2) is 8.63. The number of ketones is 1. The predicted octanol–water partition coefficient (Wildman–Crippen LogP) is 2.68. The Morgan fingerprint density at radius 3 is 2.70 bits per heavy atom. The van der Waals surface area contributed by atoms with Crippen LogP contribution < -0.4 is 16.5 Å². The van der Waals surface area contributed by atoms with E-state index in [0.717, 1.165) is 27.8 Å². The van der Waals surface area contributed by atoms with Crippen molar-refractivity contribution in [2.75, 3.05) is 23.0 Å². The summed E-state index contributed by atoms with van der Waals surface area (Å²) in [5.41, 5.74) is 2.73. The number of benzene rings is 1. The number of carbonyl (C=O) groups is 1. The quantitative estimate of drug-likeness (QED) is 0.471. The van der Waals surface area contributed by atoms with Crippen LogP contribution in [0, 0.1) is 0 Å². The van der Waals surface area contributed by atoms with Crippen molar-refractivity contribution in [3.63, 3.8) is 0 Å². The lowest BCUT2D eigenvalue weighted by Gasteiger charge is -2.10. The van der Waals surface area contributed by atoms with Crippen LogP contribution in [0.3, 0.4) is 0 Å². The standard InChI is InChI=1S/C18H20BrN7O/c1-12(27)8-13-2-4-14(5-3-13)24-18-22-9-16(19)17(25-18)21-7-6-15-10-26(20)11-23-15/h2-5,9-11H,6-8,20H2,1H3,(H2,21,22,24,25). The number of rotatable bonds is 8. The molecule has 3 aromatic rings. The van der Waals surface area contributed by atoms with Crippen LogP contribution in [-0.4, -0.2) is 32.0 Å². The topological polar surface area (TPSA) is 111 Å². The lowest BCUT2D eigenvalue weighted by atomic mass is 10.1. The molecule has 0 unspecified atom stereocenters. The first-order valence-corrected chi connectivity index (χ1v) is 9.18. The van der Waals surface area contributed by atoms with Crippen LogP contribution >= 0.6 is 15.9 Å². The molecular formula is C18H20BrN7O. The van der Waals surface area contributed by atoms with Crippen molar-refractivity contribution in [3.05, 3.63) is 58.7 Å². The molecule has 0 aliphatic rings. The summed E-state index contributed by atoms with van der Waals surface area (Å²) in [6.07, 6.45) is 6.20. The maximum absolute atomic E-state index is 11.2. The molecule has 0 saturated carbocycles. The molecule has 0 radical (unpaired) electrons. The highest BCUT2D eigenvalue weighted by molar-refractivity contribution is 9.10.